The van der Waals surface area contributed by atoms with Gasteiger partial charge < -0.3 is 24.8 Å². The van der Waals surface area contributed by atoms with Gasteiger partial charge in [-0.1, -0.05) is 0 Å². The van der Waals surface area contributed by atoms with Crippen molar-refractivity contribution in [3.8, 4) is 0 Å². The smallest absolute Gasteiger partial charge is 0.252 e. The van der Waals surface area contributed by atoms with E-state index in [1.54, 1.807) is 0 Å². The SMILES string of the molecule is CCN(c1c(C)c(C(O)NCc2c(C)cc(C)[nH]c2=O)cc2c1cnn2C)C1CCC(N(C)CCN(C)C)CC1. The zero-order valence-electron chi connectivity index (χ0n) is 25.7. The molecule has 1 fully saturated rings. The molecule has 220 valence electrons. The van der Waals surface area contributed by atoms with Gasteiger partial charge in [-0.25, -0.2) is 0 Å². The summed E-state index contributed by atoms with van der Waals surface area (Å²) in [5.74, 6) is 0. The summed E-state index contributed by atoms with van der Waals surface area (Å²) in [7, 11) is 8.48. The van der Waals surface area contributed by atoms with E-state index in [1.165, 1.54) is 12.8 Å². The minimum Gasteiger partial charge on any atom is -0.374 e. The molecule has 9 heteroatoms. The number of pyridine rings is 1. The van der Waals surface area contributed by atoms with Gasteiger partial charge in [0.05, 0.1) is 17.4 Å². The van der Waals surface area contributed by atoms with Crippen molar-refractivity contribution < 1.29 is 5.11 Å². The lowest BCUT2D eigenvalue weighted by atomic mass is 9.88. The fraction of sp³-hybridized carbons (Fsp3) is 0.613. The van der Waals surface area contributed by atoms with E-state index in [4.69, 9.17) is 0 Å². The van der Waals surface area contributed by atoms with Crippen LogP contribution < -0.4 is 15.8 Å². The molecule has 3 aromatic rings. The average molecular weight is 552 g/mol. The number of likely N-dealkylation sites (N-methyl/N-ethyl adjacent to an activating group) is 2. The molecule has 9 nitrogen and oxygen atoms in total. The first-order valence-corrected chi connectivity index (χ1v) is 14.7. The van der Waals surface area contributed by atoms with Crippen LogP contribution in [0.3, 0.4) is 0 Å². The maximum absolute atomic E-state index is 12.5. The highest BCUT2D eigenvalue weighted by atomic mass is 16.3. The molecule has 2 aromatic heterocycles. The number of nitrogens with zero attached hydrogens (tertiary/aromatic N) is 5. The van der Waals surface area contributed by atoms with Gasteiger partial charge in [-0.3, -0.25) is 14.8 Å². The van der Waals surface area contributed by atoms with Crippen LogP contribution in [0.4, 0.5) is 5.69 Å². The summed E-state index contributed by atoms with van der Waals surface area (Å²) in [6, 6.07) is 5.07. The molecule has 40 heavy (non-hydrogen) atoms. The van der Waals surface area contributed by atoms with E-state index < -0.39 is 6.23 Å². The fourth-order valence-electron chi connectivity index (χ4n) is 6.41. The maximum atomic E-state index is 12.5. The van der Waals surface area contributed by atoms with Gasteiger partial charge in [-0.05, 0) is 97.8 Å². The van der Waals surface area contributed by atoms with Gasteiger partial charge >= 0.3 is 0 Å². The number of anilines is 1. The Labute approximate surface area is 239 Å². The number of benzene rings is 1. The van der Waals surface area contributed by atoms with E-state index in [0.29, 0.717) is 17.6 Å². The molecule has 0 radical (unpaired) electrons. The van der Waals surface area contributed by atoms with Crippen molar-refractivity contribution >= 4 is 16.6 Å². The topological polar surface area (TPSA) is 92.7 Å². The number of aliphatic hydroxyl groups excluding tert-OH is 1. The molecule has 2 heterocycles. The van der Waals surface area contributed by atoms with E-state index in [-0.39, 0.29) is 12.1 Å². The third-order valence-corrected chi connectivity index (χ3v) is 8.84. The Kier molecular flexibility index (Phi) is 9.72. The molecule has 0 spiro atoms. The number of nitrogens with one attached hydrogen (secondary N) is 2. The van der Waals surface area contributed by atoms with Crippen molar-refractivity contribution in [2.45, 2.75) is 78.2 Å². The number of aromatic nitrogens is 3. The van der Waals surface area contributed by atoms with E-state index in [9.17, 15) is 9.90 Å². The van der Waals surface area contributed by atoms with E-state index in [0.717, 1.165) is 71.5 Å². The predicted octanol–water partition coefficient (Wildman–Crippen LogP) is 3.60. The van der Waals surface area contributed by atoms with Crippen molar-refractivity contribution in [2.75, 3.05) is 45.7 Å². The minimum atomic E-state index is -0.919. The van der Waals surface area contributed by atoms with Gasteiger partial charge in [0.15, 0.2) is 0 Å². The highest BCUT2D eigenvalue weighted by Gasteiger charge is 2.30. The highest BCUT2D eigenvalue weighted by Crippen LogP contribution is 2.39. The molecule has 1 saturated carbocycles. The first-order chi connectivity index (χ1) is 19.0. The van der Waals surface area contributed by atoms with Gasteiger partial charge in [0.1, 0.15) is 6.23 Å². The van der Waals surface area contributed by atoms with Crippen LogP contribution >= 0.6 is 0 Å². The molecule has 0 bridgehead atoms. The number of fused-ring (bicyclic) bond motifs is 1. The number of aryl methyl sites for hydroxylation is 3. The normalized spacial score (nSPS) is 18.7. The second-order valence-corrected chi connectivity index (χ2v) is 11.9. The lowest BCUT2D eigenvalue weighted by molar-refractivity contribution is 0.136. The number of H-pyrrole nitrogens is 1. The third-order valence-electron chi connectivity index (χ3n) is 8.84. The number of aromatic amines is 1. The number of hydrogen-bond donors (Lipinski definition) is 3. The lowest BCUT2D eigenvalue weighted by Gasteiger charge is -2.41. The summed E-state index contributed by atoms with van der Waals surface area (Å²) in [5.41, 5.74) is 6.32. The van der Waals surface area contributed by atoms with Crippen LogP contribution in [0.15, 0.2) is 23.1 Å². The number of rotatable bonds is 11. The van der Waals surface area contributed by atoms with Crippen molar-refractivity contribution in [3.63, 3.8) is 0 Å². The maximum Gasteiger partial charge on any atom is 0.252 e. The molecule has 0 amide bonds. The summed E-state index contributed by atoms with van der Waals surface area (Å²) in [4.78, 5) is 22.7. The van der Waals surface area contributed by atoms with E-state index in [1.807, 2.05) is 43.9 Å². The molecule has 1 aliphatic rings. The molecule has 0 aliphatic heterocycles. The van der Waals surface area contributed by atoms with Gasteiger partial charge in [-0.2, -0.15) is 5.10 Å². The van der Waals surface area contributed by atoms with Crippen LogP contribution in [-0.2, 0) is 13.6 Å². The number of hydrogen-bond acceptors (Lipinski definition) is 7. The predicted molar refractivity (Wildman–Crippen MR) is 164 cm³/mol. The van der Waals surface area contributed by atoms with Crippen molar-refractivity contribution in [1.82, 2.24) is 29.9 Å². The molecule has 0 saturated heterocycles. The summed E-state index contributed by atoms with van der Waals surface area (Å²) < 4.78 is 1.88. The van der Waals surface area contributed by atoms with Crippen molar-refractivity contribution in [1.29, 1.82) is 0 Å². The third kappa shape index (κ3) is 6.43. The second kappa shape index (κ2) is 12.9. The molecular weight excluding hydrogens is 502 g/mol. The Morgan fingerprint density at radius 1 is 1.10 bits per heavy atom. The van der Waals surface area contributed by atoms with Crippen molar-refractivity contribution in [3.05, 3.63) is 56.6 Å². The zero-order chi connectivity index (χ0) is 29.1. The Bertz CT molecular complexity index is 1350. The van der Waals surface area contributed by atoms with Gasteiger partial charge in [0.2, 0.25) is 0 Å². The van der Waals surface area contributed by atoms with E-state index in [2.05, 4.69) is 65.1 Å². The Morgan fingerprint density at radius 2 is 1.77 bits per heavy atom. The van der Waals surface area contributed by atoms with Gasteiger partial charge in [-0.15, -0.1) is 0 Å². The summed E-state index contributed by atoms with van der Waals surface area (Å²) in [5, 5.41) is 20.3. The molecule has 1 unspecified atom stereocenters. The van der Waals surface area contributed by atoms with Crippen LogP contribution in [-0.4, -0.2) is 82.5 Å². The van der Waals surface area contributed by atoms with Gasteiger partial charge in [0.25, 0.3) is 5.56 Å². The first kappa shape index (κ1) is 30.2. The Morgan fingerprint density at radius 3 is 2.40 bits per heavy atom. The van der Waals surface area contributed by atoms with E-state index >= 15 is 0 Å². The second-order valence-electron chi connectivity index (χ2n) is 11.9. The standard InChI is InChI=1S/C31H49N7O2/c1-9-38(24-12-10-23(11-13-24)36(7)15-14-35(5)6)29-22(4)25(17-28-27(29)19-33-37(28)8)30(39)32-18-26-20(2)16-21(3)34-31(26)40/h16-17,19,23-24,30,32,39H,9-15,18H2,1-8H3,(H,34,40). The fourth-order valence-corrected chi connectivity index (χ4v) is 6.41. The quantitative estimate of drug-likeness (QED) is 0.314. The van der Waals surface area contributed by atoms with Crippen LogP contribution in [0.25, 0.3) is 10.9 Å². The Hall–Kier alpha value is -2.72. The average Bonchev–Trinajstić information content (AvgIpc) is 3.28. The van der Waals surface area contributed by atoms with Crippen LogP contribution in [0, 0.1) is 20.8 Å². The summed E-state index contributed by atoms with van der Waals surface area (Å²) >= 11 is 0. The van der Waals surface area contributed by atoms with Crippen LogP contribution in [0.1, 0.15) is 66.8 Å². The molecule has 1 atom stereocenters. The molecule has 3 N–H and O–H groups in total. The lowest BCUT2D eigenvalue weighted by Crippen LogP contribution is -2.44. The number of aliphatic hydroxyl groups is 1. The highest BCUT2D eigenvalue weighted by molar-refractivity contribution is 5.95. The van der Waals surface area contributed by atoms with Gasteiger partial charge in [0, 0.05) is 67.5 Å². The molecular formula is C31H49N7O2. The largest absolute Gasteiger partial charge is 0.374 e. The summed E-state index contributed by atoms with van der Waals surface area (Å²) in [6.45, 7) is 11.5. The zero-order valence-corrected chi connectivity index (χ0v) is 25.7. The Balaban J connectivity index is 1.58. The molecule has 1 aliphatic carbocycles. The monoisotopic (exact) mass is 551 g/mol. The molecule has 1 aromatic carbocycles. The van der Waals surface area contributed by atoms with Crippen LogP contribution in [0.2, 0.25) is 0 Å². The first-order valence-electron chi connectivity index (χ1n) is 14.7. The molecule has 4 rings (SSSR count). The summed E-state index contributed by atoms with van der Waals surface area (Å²) in [6.07, 6.45) is 5.71. The van der Waals surface area contributed by atoms with Crippen molar-refractivity contribution in [2.24, 2.45) is 7.05 Å². The van der Waals surface area contributed by atoms with Crippen LogP contribution in [0.5, 0.6) is 0 Å². The minimum absolute atomic E-state index is 0.114.